The maximum absolute atomic E-state index is 5.88. The molecule has 5 rings (SSSR count). The summed E-state index contributed by atoms with van der Waals surface area (Å²) in [5, 5.41) is 8.31. The van der Waals surface area contributed by atoms with Crippen molar-refractivity contribution in [3.63, 3.8) is 0 Å². The standard InChI is InChI=1S/C21H28N4O2/c1-24-12-17(13-25-8-6-21(15-25)5-7-22-14-21)20(23-24)16-3-4-18-19(11-16)27-10-2-9-26-18/h3-4,11-12,22H,2,5-10,13-15H2,1H3. The number of rotatable bonds is 3. The molecule has 1 aromatic heterocycles. The number of nitrogens with zero attached hydrogens (tertiary/aromatic N) is 3. The van der Waals surface area contributed by atoms with Gasteiger partial charge in [-0.3, -0.25) is 9.58 Å². The maximum Gasteiger partial charge on any atom is 0.161 e. The van der Waals surface area contributed by atoms with Gasteiger partial charge in [0, 0.05) is 50.4 Å². The van der Waals surface area contributed by atoms with Gasteiger partial charge in [0.1, 0.15) is 0 Å². The van der Waals surface area contributed by atoms with Crippen molar-refractivity contribution in [2.45, 2.75) is 25.8 Å². The molecule has 1 unspecified atom stereocenters. The lowest BCUT2D eigenvalue weighted by molar-refractivity contribution is 0.269. The van der Waals surface area contributed by atoms with E-state index in [0.29, 0.717) is 18.6 Å². The van der Waals surface area contributed by atoms with E-state index in [-0.39, 0.29) is 0 Å². The summed E-state index contributed by atoms with van der Waals surface area (Å²) in [7, 11) is 2.00. The van der Waals surface area contributed by atoms with Crippen molar-refractivity contribution in [1.82, 2.24) is 20.0 Å². The molecule has 0 amide bonds. The van der Waals surface area contributed by atoms with Crippen LogP contribution in [0.2, 0.25) is 0 Å². The first-order valence-electron chi connectivity index (χ1n) is 10.1. The number of aryl methyl sites for hydroxylation is 1. The highest BCUT2D eigenvalue weighted by molar-refractivity contribution is 5.66. The Morgan fingerprint density at radius 3 is 2.93 bits per heavy atom. The lowest BCUT2D eigenvalue weighted by atomic mass is 9.86. The molecule has 144 valence electrons. The number of nitrogens with one attached hydrogen (secondary N) is 1. The molecular weight excluding hydrogens is 340 g/mol. The van der Waals surface area contributed by atoms with Crippen LogP contribution in [0, 0.1) is 5.41 Å². The number of aromatic nitrogens is 2. The summed E-state index contributed by atoms with van der Waals surface area (Å²) in [5.41, 5.74) is 3.94. The monoisotopic (exact) mass is 368 g/mol. The highest BCUT2D eigenvalue weighted by atomic mass is 16.5. The summed E-state index contributed by atoms with van der Waals surface area (Å²) >= 11 is 0. The third-order valence-corrected chi connectivity index (χ3v) is 6.17. The van der Waals surface area contributed by atoms with Crippen LogP contribution in [-0.2, 0) is 13.6 Å². The first kappa shape index (κ1) is 17.1. The minimum Gasteiger partial charge on any atom is -0.490 e. The van der Waals surface area contributed by atoms with Gasteiger partial charge in [0.15, 0.2) is 11.5 Å². The molecule has 2 fully saturated rings. The van der Waals surface area contributed by atoms with Gasteiger partial charge in [-0.05, 0) is 49.5 Å². The highest BCUT2D eigenvalue weighted by Gasteiger charge is 2.40. The van der Waals surface area contributed by atoms with Gasteiger partial charge in [0.05, 0.1) is 18.9 Å². The average molecular weight is 368 g/mol. The van der Waals surface area contributed by atoms with Crippen LogP contribution < -0.4 is 14.8 Å². The van der Waals surface area contributed by atoms with Crippen molar-refractivity contribution in [3.8, 4) is 22.8 Å². The molecule has 2 saturated heterocycles. The Morgan fingerprint density at radius 1 is 1.19 bits per heavy atom. The van der Waals surface area contributed by atoms with Crippen molar-refractivity contribution in [2.75, 3.05) is 39.4 Å². The van der Waals surface area contributed by atoms with E-state index in [9.17, 15) is 0 Å². The van der Waals surface area contributed by atoms with Gasteiger partial charge in [0.2, 0.25) is 0 Å². The normalized spacial score (nSPS) is 25.2. The van der Waals surface area contributed by atoms with Crippen LogP contribution in [0.4, 0.5) is 0 Å². The zero-order chi connectivity index (χ0) is 18.3. The van der Waals surface area contributed by atoms with Crippen LogP contribution >= 0.6 is 0 Å². The molecule has 2 aromatic rings. The van der Waals surface area contributed by atoms with E-state index in [1.54, 1.807) is 0 Å². The molecule has 1 N–H and O–H groups in total. The van der Waals surface area contributed by atoms with Crippen LogP contribution in [0.3, 0.4) is 0 Å². The molecule has 3 aliphatic rings. The maximum atomic E-state index is 5.88. The molecule has 0 bridgehead atoms. The fourth-order valence-electron chi connectivity index (χ4n) is 4.75. The third-order valence-electron chi connectivity index (χ3n) is 6.17. The minimum atomic E-state index is 0.498. The summed E-state index contributed by atoms with van der Waals surface area (Å²) in [6.07, 6.45) is 5.70. The van der Waals surface area contributed by atoms with Gasteiger partial charge in [0.25, 0.3) is 0 Å². The van der Waals surface area contributed by atoms with E-state index in [0.717, 1.165) is 35.7 Å². The topological polar surface area (TPSA) is 51.5 Å². The molecular formula is C21H28N4O2. The van der Waals surface area contributed by atoms with E-state index in [2.05, 4.69) is 28.5 Å². The molecule has 1 spiro atoms. The first-order chi connectivity index (χ1) is 13.2. The number of likely N-dealkylation sites (tertiary alicyclic amines) is 1. The van der Waals surface area contributed by atoms with Crippen LogP contribution in [0.5, 0.6) is 11.5 Å². The Labute approximate surface area is 160 Å². The molecule has 1 aromatic carbocycles. The van der Waals surface area contributed by atoms with E-state index < -0.39 is 0 Å². The van der Waals surface area contributed by atoms with E-state index in [4.69, 9.17) is 14.6 Å². The molecule has 0 radical (unpaired) electrons. The molecule has 4 heterocycles. The lowest BCUT2D eigenvalue weighted by Gasteiger charge is -2.22. The van der Waals surface area contributed by atoms with E-state index in [1.807, 2.05) is 17.8 Å². The number of benzene rings is 1. The number of hydrogen-bond acceptors (Lipinski definition) is 5. The van der Waals surface area contributed by atoms with Gasteiger partial charge < -0.3 is 14.8 Å². The molecule has 0 saturated carbocycles. The first-order valence-corrected chi connectivity index (χ1v) is 10.1. The summed E-state index contributed by atoms with van der Waals surface area (Å²) in [5.74, 6) is 1.67. The van der Waals surface area contributed by atoms with Crippen LogP contribution in [0.25, 0.3) is 11.3 Å². The van der Waals surface area contributed by atoms with Gasteiger partial charge in [-0.1, -0.05) is 0 Å². The largest absolute Gasteiger partial charge is 0.490 e. The smallest absolute Gasteiger partial charge is 0.161 e. The Kier molecular flexibility index (Phi) is 4.32. The summed E-state index contributed by atoms with van der Waals surface area (Å²) < 4.78 is 13.6. The number of fused-ring (bicyclic) bond motifs is 1. The predicted molar refractivity (Wildman–Crippen MR) is 104 cm³/mol. The van der Waals surface area contributed by atoms with Crippen LogP contribution in [0.15, 0.2) is 24.4 Å². The second-order valence-corrected chi connectivity index (χ2v) is 8.28. The highest BCUT2D eigenvalue weighted by Crippen LogP contribution is 2.38. The molecule has 27 heavy (non-hydrogen) atoms. The quantitative estimate of drug-likeness (QED) is 0.902. The molecule has 6 nitrogen and oxygen atoms in total. The van der Waals surface area contributed by atoms with Crippen molar-refractivity contribution >= 4 is 0 Å². The van der Waals surface area contributed by atoms with Gasteiger partial charge in [-0.25, -0.2) is 0 Å². The third kappa shape index (κ3) is 3.32. The summed E-state index contributed by atoms with van der Waals surface area (Å²) in [6, 6.07) is 6.20. The molecule has 6 heteroatoms. The average Bonchev–Trinajstić information content (AvgIpc) is 3.33. The van der Waals surface area contributed by atoms with Gasteiger partial charge in [-0.15, -0.1) is 0 Å². The minimum absolute atomic E-state index is 0.498. The van der Waals surface area contributed by atoms with Gasteiger partial charge >= 0.3 is 0 Å². The lowest BCUT2D eigenvalue weighted by Crippen LogP contribution is -2.29. The van der Waals surface area contributed by atoms with Crippen molar-refractivity contribution in [3.05, 3.63) is 30.0 Å². The van der Waals surface area contributed by atoms with Gasteiger partial charge in [-0.2, -0.15) is 5.10 Å². The summed E-state index contributed by atoms with van der Waals surface area (Å²) in [6.45, 7) is 7.09. The molecule has 1 atom stereocenters. The van der Waals surface area contributed by atoms with E-state index >= 15 is 0 Å². The summed E-state index contributed by atoms with van der Waals surface area (Å²) in [4.78, 5) is 2.59. The molecule has 0 aliphatic carbocycles. The van der Waals surface area contributed by atoms with Crippen molar-refractivity contribution in [1.29, 1.82) is 0 Å². The fourth-order valence-corrected chi connectivity index (χ4v) is 4.75. The SMILES string of the molecule is Cn1cc(CN2CCC3(CCNC3)C2)c(-c2ccc3c(c2)OCCCO3)n1. The van der Waals surface area contributed by atoms with Crippen molar-refractivity contribution in [2.24, 2.45) is 12.5 Å². The second-order valence-electron chi connectivity index (χ2n) is 8.28. The van der Waals surface area contributed by atoms with Crippen LogP contribution in [-0.4, -0.2) is 54.1 Å². The zero-order valence-electron chi connectivity index (χ0n) is 16.0. The Hall–Kier alpha value is -2.05. The Balaban J connectivity index is 1.39. The number of ether oxygens (including phenoxy) is 2. The van der Waals surface area contributed by atoms with Crippen LogP contribution in [0.1, 0.15) is 24.8 Å². The molecule has 3 aliphatic heterocycles. The Bertz CT molecular complexity index is 826. The predicted octanol–water partition coefficient (Wildman–Crippen LogP) is 2.43. The number of hydrogen-bond donors (Lipinski definition) is 1. The van der Waals surface area contributed by atoms with Crippen molar-refractivity contribution < 1.29 is 9.47 Å². The second kappa shape index (κ2) is 6.84. The van der Waals surface area contributed by atoms with E-state index in [1.165, 1.54) is 44.6 Å². The zero-order valence-corrected chi connectivity index (χ0v) is 16.0. The Morgan fingerprint density at radius 2 is 2.07 bits per heavy atom. The fraction of sp³-hybridized carbons (Fsp3) is 0.571.